The SMILES string of the molecule is Cc1c(OCC(F)(F)F)ccnc1CSc1nc2ccccc2[nH]1.Cc1c(OCC(F)(F)F)ccnc1CSc1nc2ccccc2[nH]1.O.O. The molecule has 0 aliphatic rings. The second-order valence-electron chi connectivity index (χ2n) is 10.3. The van der Waals surface area contributed by atoms with Gasteiger partial charge in [-0.05, 0) is 50.2 Å². The lowest BCUT2D eigenvalue weighted by Gasteiger charge is -2.13. The number of rotatable bonds is 10. The third-order valence-corrected chi connectivity index (χ3v) is 8.50. The molecule has 10 nitrogen and oxygen atoms in total. The van der Waals surface area contributed by atoms with Crippen molar-refractivity contribution in [2.75, 3.05) is 13.2 Å². The van der Waals surface area contributed by atoms with Gasteiger partial charge in [-0.25, -0.2) is 9.97 Å². The van der Waals surface area contributed by atoms with E-state index in [2.05, 4.69) is 29.9 Å². The van der Waals surface area contributed by atoms with Gasteiger partial charge in [0.1, 0.15) is 11.5 Å². The number of hydrogen-bond acceptors (Lipinski definition) is 8. The van der Waals surface area contributed by atoms with Crippen molar-refractivity contribution in [2.45, 2.75) is 48.0 Å². The molecule has 0 saturated heterocycles. The van der Waals surface area contributed by atoms with E-state index >= 15 is 0 Å². The number of hydrogen-bond donors (Lipinski definition) is 2. The van der Waals surface area contributed by atoms with Crippen molar-refractivity contribution in [3.8, 4) is 11.5 Å². The number of thioether (sulfide) groups is 2. The average Bonchev–Trinajstić information content (AvgIpc) is 3.66. The molecule has 0 spiro atoms. The Labute approximate surface area is 290 Å². The third kappa shape index (κ3) is 11.3. The summed E-state index contributed by atoms with van der Waals surface area (Å²) in [5, 5.41) is 1.47. The fraction of sp³-hybridized carbons (Fsp3) is 0.250. The highest BCUT2D eigenvalue weighted by Crippen LogP contribution is 2.29. The number of H-pyrrole nitrogens is 2. The lowest BCUT2D eigenvalue weighted by Crippen LogP contribution is -2.19. The van der Waals surface area contributed by atoms with Crippen molar-refractivity contribution in [3.05, 3.63) is 95.6 Å². The fourth-order valence-corrected chi connectivity index (χ4v) is 6.13. The van der Waals surface area contributed by atoms with Crippen molar-refractivity contribution in [2.24, 2.45) is 0 Å². The molecule has 0 radical (unpaired) electrons. The van der Waals surface area contributed by atoms with Crippen molar-refractivity contribution in [1.29, 1.82) is 0 Å². The summed E-state index contributed by atoms with van der Waals surface area (Å²) in [6, 6.07) is 18.2. The summed E-state index contributed by atoms with van der Waals surface area (Å²) in [7, 11) is 0. The van der Waals surface area contributed by atoms with Gasteiger partial charge in [0.15, 0.2) is 23.5 Å². The molecule has 4 aromatic heterocycles. The molecule has 0 aliphatic heterocycles. The first-order valence-corrected chi connectivity index (χ1v) is 16.2. The van der Waals surface area contributed by atoms with Crippen LogP contribution >= 0.6 is 23.5 Å². The minimum atomic E-state index is -4.36. The molecule has 6 rings (SSSR count). The maximum Gasteiger partial charge on any atom is 0.422 e. The lowest BCUT2D eigenvalue weighted by atomic mass is 10.2. The number of aromatic amines is 2. The Morgan fingerprint density at radius 1 is 0.600 bits per heavy atom. The van der Waals surface area contributed by atoms with E-state index in [1.807, 2.05) is 48.5 Å². The van der Waals surface area contributed by atoms with Gasteiger partial charge in [0.05, 0.1) is 33.5 Å². The highest BCUT2D eigenvalue weighted by atomic mass is 32.2. The zero-order chi connectivity index (χ0) is 34.3. The van der Waals surface area contributed by atoms with Crippen LogP contribution in [0.15, 0.2) is 83.4 Å². The summed E-state index contributed by atoms with van der Waals surface area (Å²) in [6.07, 6.45) is -5.82. The standard InChI is InChI=1S/2C16H14F3N3OS.2H2O/c2*1-10-13(20-7-6-14(10)23-9-16(17,18)19)8-24-15-21-11-4-2-3-5-12(11)22-15;;/h2*2-7H,8-9H2,1H3,(H,21,22);2*1H2. The Bertz CT molecular complexity index is 1780. The van der Waals surface area contributed by atoms with E-state index in [0.29, 0.717) is 34.0 Å². The van der Waals surface area contributed by atoms with Crippen LogP contribution < -0.4 is 9.47 Å². The van der Waals surface area contributed by atoms with Crippen molar-refractivity contribution < 1.29 is 46.8 Å². The maximum absolute atomic E-state index is 12.3. The maximum atomic E-state index is 12.3. The molecule has 2 aromatic carbocycles. The Morgan fingerprint density at radius 3 is 1.34 bits per heavy atom. The second-order valence-corrected chi connectivity index (χ2v) is 12.2. The summed E-state index contributed by atoms with van der Waals surface area (Å²) in [6.45, 7) is 0.780. The molecule has 0 amide bonds. The molecule has 4 heterocycles. The minimum Gasteiger partial charge on any atom is -0.484 e. The van der Waals surface area contributed by atoms with E-state index in [1.54, 1.807) is 13.8 Å². The quantitative estimate of drug-likeness (QED) is 0.109. The molecule has 0 atom stereocenters. The number of alkyl halides is 6. The van der Waals surface area contributed by atoms with Crippen molar-refractivity contribution in [1.82, 2.24) is 29.9 Å². The number of ether oxygens (including phenoxy) is 2. The highest BCUT2D eigenvalue weighted by Gasteiger charge is 2.29. The van der Waals surface area contributed by atoms with Crippen molar-refractivity contribution in [3.63, 3.8) is 0 Å². The van der Waals surface area contributed by atoms with Crippen LogP contribution in [0.4, 0.5) is 26.3 Å². The van der Waals surface area contributed by atoms with E-state index in [4.69, 9.17) is 9.47 Å². The summed E-state index contributed by atoms with van der Waals surface area (Å²) in [5.74, 6) is 1.36. The normalized spacial score (nSPS) is 11.4. The van der Waals surface area contributed by atoms with Gasteiger partial charge < -0.3 is 30.4 Å². The number of fused-ring (bicyclic) bond motifs is 2. The fourth-order valence-electron chi connectivity index (χ4n) is 4.31. The van der Waals surface area contributed by atoms with Gasteiger partial charge in [0.25, 0.3) is 0 Å². The number of imidazole rings is 2. The first kappa shape index (κ1) is 39.9. The van der Waals surface area contributed by atoms with Gasteiger partial charge in [-0.1, -0.05) is 47.8 Å². The molecule has 0 saturated carbocycles. The largest absolute Gasteiger partial charge is 0.484 e. The second kappa shape index (κ2) is 17.4. The van der Waals surface area contributed by atoms with Crippen LogP contribution in [0.1, 0.15) is 22.5 Å². The minimum absolute atomic E-state index is 0. The number of halogens is 6. The molecular weight excluding hydrogens is 711 g/mol. The van der Waals surface area contributed by atoms with Crippen LogP contribution in [0.2, 0.25) is 0 Å². The van der Waals surface area contributed by atoms with E-state index in [-0.39, 0.29) is 22.5 Å². The molecular formula is C32H32F6N6O4S2. The number of nitrogens with zero attached hydrogens (tertiary/aromatic N) is 4. The predicted molar refractivity (Wildman–Crippen MR) is 180 cm³/mol. The topological polar surface area (TPSA) is 165 Å². The molecule has 0 fully saturated rings. The zero-order valence-electron chi connectivity index (χ0n) is 26.4. The highest BCUT2D eigenvalue weighted by molar-refractivity contribution is 7.98. The van der Waals surface area contributed by atoms with E-state index < -0.39 is 25.6 Å². The van der Waals surface area contributed by atoms with Crippen LogP contribution in [0, 0.1) is 13.8 Å². The first-order chi connectivity index (χ1) is 22.8. The summed E-state index contributed by atoms with van der Waals surface area (Å²) >= 11 is 2.88. The number of para-hydroxylation sites is 4. The van der Waals surface area contributed by atoms with Gasteiger partial charge in [-0.15, -0.1) is 0 Å². The Hall–Kier alpha value is -4.52. The van der Waals surface area contributed by atoms with Crippen LogP contribution in [0.25, 0.3) is 22.1 Å². The molecule has 6 aromatic rings. The third-order valence-electron chi connectivity index (χ3n) is 6.73. The summed E-state index contributed by atoms with van der Waals surface area (Å²) in [4.78, 5) is 23.7. The average molecular weight is 743 g/mol. The Kier molecular flexibility index (Phi) is 13.9. The van der Waals surface area contributed by atoms with Gasteiger partial charge >= 0.3 is 12.4 Å². The number of aromatic nitrogens is 6. The first-order valence-electron chi connectivity index (χ1n) is 14.3. The molecule has 268 valence electrons. The molecule has 0 bridgehead atoms. The summed E-state index contributed by atoms with van der Waals surface area (Å²) in [5.41, 5.74) is 6.15. The van der Waals surface area contributed by atoms with Crippen LogP contribution in [0.3, 0.4) is 0 Å². The van der Waals surface area contributed by atoms with Gasteiger partial charge in [-0.2, -0.15) is 26.3 Å². The van der Waals surface area contributed by atoms with Crippen LogP contribution in [-0.2, 0) is 11.5 Å². The molecule has 50 heavy (non-hydrogen) atoms. The Morgan fingerprint density at radius 2 is 0.980 bits per heavy atom. The molecule has 0 aliphatic carbocycles. The number of nitrogens with one attached hydrogen (secondary N) is 2. The molecule has 6 N–H and O–H groups in total. The zero-order valence-corrected chi connectivity index (χ0v) is 28.1. The van der Waals surface area contributed by atoms with E-state index in [9.17, 15) is 26.3 Å². The van der Waals surface area contributed by atoms with E-state index in [0.717, 1.165) is 32.4 Å². The van der Waals surface area contributed by atoms with Crippen LogP contribution in [-0.4, -0.2) is 66.4 Å². The van der Waals surface area contributed by atoms with Crippen molar-refractivity contribution >= 4 is 45.6 Å². The Balaban J connectivity index is 0.000000260. The lowest BCUT2D eigenvalue weighted by molar-refractivity contribution is -0.154. The van der Waals surface area contributed by atoms with Crippen LogP contribution in [0.5, 0.6) is 11.5 Å². The van der Waals surface area contributed by atoms with Gasteiger partial charge in [0, 0.05) is 35.0 Å². The predicted octanol–water partition coefficient (Wildman–Crippen LogP) is 7.35. The van der Waals surface area contributed by atoms with Gasteiger partial charge in [-0.3, -0.25) is 9.97 Å². The molecule has 0 unspecified atom stereocenters. The monoisotopic (exact) mass is 742 g/mol. The summed E-state index contributed by atoms with van der Waals surface area (Å²) < 4.78 is 83.4. The smallest absolute Gasteiger partial charge is 0.422 e. The molecule has 18 heteroatoms. The van der Waals surface area contributed by atoms with E-state index in [1.165, 1.54) is 48.1 Å². The van der Waals surface area contributed by atoms with Gasteiger partial charge in [0.2, 0.25) is 0 Å². The number of benzene rings is 2. The number of pyridine rings is 2.